The van der Waals surface area contributed by atoms with Crippen molar-refractivity contribution < 1.29 is 18.6 Å². The molecule has 3 heterocycles. The molecule has 4 aromatic rings. The number of rotatable bonds is 7. The van der Waals surface area contributed by atoms with Crippen LogP contribution in [0.2, 0.25) is 5.02 Å². The Hall–Kier alpha value is -3.30. The average molecular weight is 474 g/mol. The summed E-state index contributed by atoms with van der Waals surface area (Å²) < 4.78 is 35.8. The number of aromatic nitrogens is 4. The number of nitrogens with zero attached hydrogens (tertiary/aromatic N) is 4. The van der Waals surface area contributed by atoms with Gasteiger partial charge >= 0.3 is 0 Å². The van der Waals surface area contributed by atoms with E-state index in [1.165, 1.54) is 42.6 Å². The van der Waals surface area contributed by atoms with Crippen molar-refractivity contribution in [2.75, 3.05) is 12.3 Å². The number of aliphatic hydroxyl groups is 1. The van der Waals surface area contributed by atoms with Gasteiger partial charge in [-0.05, 0) is 49.7 Å². The highest BCUT2D eigenvalue weighted by Crippen LogP contribution is 2.38. The zero-order valence-electron chi connectivity index (χ0n) is 18.0. The van der Waals surface area contributed by atoms with E-state index in [2.05, 4.69) is 15.1 Å². The number of hydrogen-bond acceptors (Lipinski definition) is 6. The first-order chi connectivity index (χ1) is 15.6. The molecule has 33 heavy (non-hydrogen) atoms. The Morgan fingerprint density at radius 2 is 1.85 bits per heavy atom. The number of nitrogens with two attached hydrogens (primary N) is 1. The maximum Gasteiger partial charge on any atom is 0.240 e. The summed E-state index contributed by atoms with van der Waals surface area (Å²) >= 11 is 6.33. The molecule has 0 saturated heterocycles. The first kappa shape index (κ1) is 22.9. The number of ether oxygens (including phenoxy) is 1. The Morgan fingerprint density at radius 1 is 1.12 bits per heavy atom. The normalized spacial score (nSPS) is 15.2. The van der Waals surface area contributed by atoms with Crippen LogP contribution in [-0.4, -0.2) is 37.0 Å². The topological polar surface area (TPSA) is 98.6 Å². The maximum absolute atomic E-state index is 15.4. The first-order valence-corrected chi connectivity index (χ1v) is 10.5. The van der Waals surface area contributed by atoms with Gasteiger partial charge in [0.2, 0.25) is 11.8 Å². The van der Waals surface area contributed by atoms with Crippen LogP contribution >= 0.6 is 11.6 Å². The quantitative estimate of drug-likeness (QED) is 0.408. The molecule has 1 aromatic carbocycles. The summed E-state index contributed by atoms with van der Waals surface area (Å²) in [4.78, 5) is 8.56. The molecular formula is C23H22ClF2N5O2. The van der Waals surface area contributed by atoms with E-state index in [1.807, 2.05) is 0 Å². The number of pyridine rings is 2. The molecule has 0 radical (unpaired) electrons. The number of hydrogen-bond donors (Lipinski definition) is 2. The number of nitrogen functional groups attached to an aromatic ring is 1. The van der Waals surface area contributed by atoms with Gasteiger partial charge in [0.1, 0.15) is 17.1 Å². The van der Waals surface area contributed by atoms with Crippen LogP contribution in [0.25, 0.3) is 16.9 Å². The van der Waals surface area contributed by atoms with Crippen LogP contribution in [-0.2, 0) is 5.60 Å². The molecule has 0 aliphatic rings. The van der Waals surface area contributed by atoms with Crippen molar-refractivity contribution in [3.05, 3.63) is 71.1 Å². The molecule has 2 unspecified atom stereocenters. The van der Waals surface area contributed by atoms with Crippen LogP contribution in [0.15, 0.2) is 54.7 Å². The predicted octanol–water partition coefficient (Wildman–Crippen LogP) is 4.57. The molecule has 0 saturated carbocycles. The Kier molecular flexibility index (Phi) is 5.94. The van der Waals surface area contributed by atoms with E-state index in [9.17, 15) is 9.50 Å². The third kappa shape index (κ3) is 4.60. The monoisotopic (exact) mass is 473 g/mol. The van der Waals surface area contributed by atoms with Gasteiger partial charge in [0.05, 0.1) is 17.3 Å². The second-order valence-electron chi connectivity index (χ2n) is 8.04. The summed E-state index contributed by atoms with van der Waals surface area (Å²) in [5.74, 6) is -0.0729. The van der Waals surface area contributed by atoms with Gasteiger partial charge in [0.25, 0.3) is 0 Å². The number of benzene rings is 1. The van der Waals surface area contributed by atoms with E-state index >= 15 is 4.39 Å². The van der Waals surface area contributed by atoms with E-state index < -0.39 is 17.1 Å². The molecule has 0 aliphatic heterocycles. The fourth-order valence-corrected chi connectivity index (χ4v) is 3.63. The van der Waals surface area contributed by atoms with Gasteiger partial charge in [0.15, 0.2) is 5.65 Å². The van der Waals surface area contributed by atoms with E-state index in [1.54, 1.807) is 30.5 Å². The van der Waals surface area contributed by atoms with E-state index in [4.69, 9.17) is 22.1 Å². The fourth-order valence-electron chi connectivity index (χ4n) is 3.42. The zero-order valence-corrected chi connectivity index (χ0v) is 18.7. The Labute approximate surface area is 193 Å². The third-order valence-corrected chi connectivity index (χ3v) is 6.00. The van der Waals surface area contributed by atoms with E-state index in [-0.39, 0.29) is 30.4 Å². The standard InChI is InChI=1S/C23H22ClF2N5O2/c1-22(26,23(2,32)15-3-5-16(25)6-4-15)10-12-33-19-8-7-17(24)20(29-19)14-9-11-31-18(13-14)28-21(27)30-31/h3-9,11,13,32H,10,12H2,1-2H3,(H2,27,30). The summed E-state index contributed by atoms with van der Waals surface area (Å²) in [5, 5.41) is 15.2. The minimum atomic E-state index is -2.06. The zero-order chi connectivity index (χ0) is 23.8. The van der Waals surface area contributed by atoms with E-state index in [0.29, 0.717) is 21.9 Å². The Bertz CT molecular complexity index is 1290. The Morgan fingerprint density at radius 3 is 2.58 bits per heavy atom. The lowest BCUT2D eigenvalue weighted by Gasteiger charge is -2.36. The second kappa shape index (κ2) is 8.57. The van der Waals surface area contributed by atoms with Gasteiger partial charge in [-0.25, -0.2) is 18.3 Å². The molecule has 0 fully saturated rings. The smallest absolute Gasteiger partial charge is 0.240 e. The average Bonchev–Trinajstić information content (AvgIpc) is 3.14. The molecule has 0 bridgehead atoms. The first-order valence-electron chi connectivity index (χ1n) is 10.2. The van der Waals surface area contributed by atoms with E-state index in [0.717, 1.165) is 0 Å². The van der Waals surface area contributed by atoms with Crippen LogP contribution in [0.5, 0.6) is 5.88 Å². The lowest BCUT2D eigenvalue weighted by molar-refractivity contribution is -0.0955. The minimum absolute atomic E-state index is 0.0574. The molecule has 10 heteroatoms. The number of fused-ring (bicyclic) bond motifs is 1. The van der Waals surface area contributed by atoms with Gasteiger partial charge in [-0.1, -0.05) is 23.7 Å². The van der Waals surface area contributed by atoms with Crippen molar-refractivity contribution in [1.82, 2.24) is 19.6 Å². The molecule has 0 amide bonds. The highest BCUT2D eigenvalue weighted by Gasteiger charge is 2.45. The summed E-state index contributed by atoms with van der Waals surface area (Å²) in [6.45, 7) is 2.57. The molecule has 3 N–H and O–H groups in total. The molecule has 0 spiro atoms. The van der Waals surface area contributed by atoms with Crippen molar-refractivity contribution in [3.8, 4) is 17.1 Å². The van der Waals surface area contributed by atoms with Crippen LogP contribution in [0.1, 0.15) is 25.8 Å². The molecule has 0 aliphatic carbocycles. The summed E-state index contributed by atoms with van der Waals surface area (Å²) in [6.07, 6.45) is 1.55. The minimum Gasteiger partial charge on any atom is -0.478 e. The number of alkyl halides is 1. The SMILES string of the molecule is CC(F)(CCOc1ccc(Cl)c(-c2ccn3nc(N)nc3c2)n1)C(C)(O)c1ccc(F)cc1. The number of halogens is 3. The summed E-state index contributed by atoms with van der Waals surface area (Å²) in [6, 6.07) is 11.8. The van der Waals surface area contributed by atoms with Crippen LogP contribution in [0.3, 0.4) is 0 Å². The third-order valence-electron chi connectivity index (χ3n) is 5.69. The van der Waals surface area contributed by atoms with Crippen molar-refractivity contribution in [2.24, 2.45) is 0 Å². The lowest BCUT2D eigenvalue weighted by Crippen LogP contribution is -2.45. The number of anilines is 1. The van der Waals surface area contributed by atoms with Crippen LogP contribution in [0, 0.1) is 5.82 Å². The second-order valence-corrected chi connectivity index (χ2v) is 8.45. The van der Waals surface area contributed by atoms with Gasteiger partial charge < -0.3 is 15.6 Å². The van der Waals surface area contributed by atoms with Crippen molar-refractivity contribution >= 4 is 23.2 Å². The van der Waals surface area contributed by atoms with Gasteiger partial charge in [-0.2, -0.15) is 4.98 Å². The molecule has 7 nitrogen and oxygen atoms in total. The molecule has 2 atom stereocenters. The van der Waals surface area contributed by atoms with Crippen LogP contribution < -0.4 is 10.5 Å². The predicted molar refractivity (Wildman–Crippen MR) is 121 cm³/mol. The molecule has 172 valence electrons. The largest absolute Gasteiger partial charge is 0.478 e. The molecule has 3 aromatic heterocycles. The van der Waals surface area contributed by atoms with Gasteiger partial charge in [-0.3, -0.25) is 0 Å². The highest BCUT2D eigenvalue weighted by molar-refractivity contribution is 6.33. The van der Waals surface area contributed by atoms with Gasteiger partial charge in [0, 0.05) is 24.2 Å². The summed E-state index contributed by atoms with van der Waals surface area (Å²) in [7, 11) is 0. The highest BCUT2D eigenvalue weighted by atomic mass is 35.5. The molecule has 4 rings (SSSR count). The van der Waals surface area contributed by atoms with Gasteiger partial charge in [-0.15, -0.1) is 5.10 Å². The fraction of sp³-hybridized carbons (Fsp3) is 0.261. The van der Waals surface area contributed by atoms with Crippen molar-refractivity contribution in [3.63, 3.8) is 0 Å². The lowest BCUT2D eigenvalue weighted by atomic mass is 9.80. The molecular weight excluding hydrogens is 452 g/mol. The Balaban J connectivity index is 1.48. The van der Waals surface area contributed by atoms with Crippen molar-refractivity contribution in [2.45, 2.75) is 31.5 Å². The summed E-state index contributed by atoms with van der Waals surface area (Å²) in [5.41, 5.74) is 3.66. The van der Waals surface area contributed by atoms with Crippen molar-refractivity contribution in [1.29, 1.82) is 0 Å². The maximum atomic E-state index is 15.4. The van der Waals surface area contributed by atoms with Crippen LogP contribution in [0.4, 0.5) is 14.7 Å².